The third-order valence-corrected chi connectivity index (χ3v) is 8.15. The monoisotopic (exact) mass is 566 g/mol. The van der Waals surface area contributed by atoms with Crippen LogP contribution in [-0.2, 0) is 16.3 Å². The summed E-state index contributed by atoms with van der Waals surface area (Å²) in [7, 11) is -1.32. The van der Waals surface area contributed by atoms with Gasteiger partial charge in [0.2, 0.25) is 0 Å². The molecule has 1 saturated heterocycles. The van der Waals surface area contributed by atoms with Gasteiger partial charge in [-0.05, 0) is 37.0 Å². The number of benzene rings is 1. The average Bonchev–Trinajstić information content (AvgIpc) is 3.21. The Bertz CT molecular complexity index is 788. The Labute approximate surface area is 203 Å². The highest BCUT2D eigenvalue weighted by atomic mass is 127. The van der Waals surface area contributed by atoms with Crippen LogP contribution in [0.5, 0.6) is 0 Å². The molecule has 6 nitrogen and oxygen atoms in total. The highest BCUT2D eigenvalue weighted by Crippen LogP contribution is 2.36. The summed E-state index contributed by atoms with van der Waals surface area (Å²) in [6.07, 6.45) is 7.24. The number of nitrogens with one attached hydrogen (secondary N) is 2. The van der Waals surface area contributed by atoms with Gasteiger partial charge >= 0.3 is 0 Å². The first kappa shape index (κ1) is 25.7. The molecule has 170 valence electrons. The lowest BCUT2D eigenvalue weighted by Gasteiger charge is -2.43. The van der Waals surface area contributed by atoms with E-state index in [0.29, 0.717) is 4.90 Å². The number of halogens is 1. The van der Waals surface area contributed by atoms with Gasteiger partial charge in [0.1, 0.15) is 0 Å². The van der Waals surface area contributed by atoms with Crippen molar-refractivity contribution in [2.75, 3.05) is 51.0 Å². The van der Waals surface area contributed by atoms with Crippen LogP contribution in [0.25, 0.3) is 0 Å². The number of guanidine groups is 1. The summed E-state index contributed by atoms with van der Waals surface area (Å²) in [5, 5.41) is 6.98. The van der Waals surface area contributed by atoms with Crippen LogP contribution in [0.3, 0.4) is 0 Å². The maximum absolute atomic E-state index is 11.6. The van der Waals surface area contributed by atoms with Gasteiger partial charge in [-0.15, -0.1) is 24.0 Å². The highest BCUT2D eigenvalue weighted by Gasteiger charge is 2.39. The summed E-state index contributed by atoms with van der Waals surface area (Å²) in [6.45, 7) is 4.09. The number of sulfone groups is 1. The molecule has 1 aliphatic carbocycles. The molecule has 2 fully saturated rings. The zero-order valence-electron chi connectivity index (χ0n) is 18.0. The van der Waals surface area contributed by atoms with E-state index in [4.69, 9.17) is 0 Å². The van der Waals surface area contributed by atoms with Crippen molar-refractivity contribution in [3.05, 3.63) is 29.8 Å². The molecule has 0 spiro atoms. The lowest BCUT2D eigenvalue weighted by molar-refractivity contribution is 0.107. The van der Waals surface area contributed by atoms with Gasteiger partial charge in [-0.25, -0.2) is 8.42 Å². The van der Waals surface area contributed by atoms with Gasteiger partial charge in [0.15, 0.2) is 15.8 Å². The van der Waals surface area contributed by atoms with Crippen molar-refractivity contribution in [1.82, 2.24) is 15.5 Å². The molecule has 0 amide bonds. The second kappa shape index (κ2) is 11.9. The van der Waals surface area contributed by atoms with Crippen LogP contribution in [0.15, 0.2) is 34.2 Å². The summed E-state index contributed by atoms with van der Waals surface area (Å²) in [4.78, 5) is 7.47. The molecule has 0 unspecified atom stereocenters. The van der Waals surface area contributed by atoms with Gasteiger partial charge in [0.25, 0.3) is 0 Å². The predicted molar refractivity (Wildman–Crippen MR) is 138 cm³/mol. The van der Waals surface area contributed by atoms with Crippen LogP contribution in [0, 0.1) is 0 Å². The number of aliphatic imine (C=N–C) groups is 1. The average molecular weight is 567 g/mol. The maximum atomic E-state index is 11.6. The Kier molecular flexibility index (Phi) is 10.2. The molecule has 3 rings (SSSR count). The van der Waals surface area contributed by atoms with E-state index in [1.165, 1.54) is 56.5 Å². The van der Waals surface area contributed by atoms with Crippen molar-refractivity contribution in [1.29, 1.82) is 0 Å². The predicted octanol–water partition coefficient (Wildman–Crippen LogP) is 2.78. The fourth-order valence-electron chi connectivity index (χ4n) is 4.37. The first-order valence-corrected chi connectivity index (χ1v) is 13.5. The Morgan fingerprint density at radius 2 is 1.77 bits per heavy atom. The second-order valence-corrected chi connectivity index (χ2v) is 11.3. The van der Waals surface area contributed by atoms with Crippen LogP contribution in [0.2, 0.25) is 0 Å². The molecule has 1 aromatic rings. The Morgan fingerprint density at radius 3 is 2.33 bits per heavy atom. The summed E-state index contributed by atoms with van der Waals surface area (Å²) >= 11 is 2.06. The quantitative estimate of drug-likeness (QED) is 0.301. The zero-order valence-corrected chi connectivity index (χ0v) is 22.0. The summed E-state index contributed by atoms with van der Waals surface area (Å²) in [5.74, 6) is 3.33. The standard InChI is InChI=1S/C21H34N4O2S2.HI/c1-22-20(23-12-9-18-5-7-19(8-6-18)29(2,26)27)24-17-21(10-3-4-11-21)25-13-15-28-16-14-25;/h5-8H,3-4,9-17H2,1-2H3,(H2,22,23,24);1H. The van der Waals surface area contributed by atoms with Gasteiger partial charge in [0, 0.05) is 56.5 Å². The van der Waals surface area contributed by atoms with Crippen molar-refractivity contribution in [2.24, 2.45) is 4.99 Å². The third-order valence-electron chi connectivity index (χ3n) is 6.08. The molecule has 30 heavy (non-hydrogen) atoms. The first-order valence-electron chi connectivity index (χ1n) is 10.5. The van der Waals surface area contributed by atoms with Crippen LogP contribution < -0.4 is 10.6 Å². The SMILES string of the molecule is CN=C(NCCc1ccc(S(C)(=O)=O)cc1)NCC1(N2CCSCC2)CCCC1.I. The van der Waals surface area contributed by atoms with Gasteiger partial charge in [-0.2, -0.15) is 11.8 Å². The van der Waals surface area contributed by atoms with Crippen LogP contribution in [0.4, 0.5) is 0 Å². The molecule has 1 aliphatic heterocycles. The topological polar surface area (TPSA) is 73.8 Å². The summed E-state index contributed by atoms with van der Waals surface area (Å²) < 4.78 is 23.1. The van der Waals surface area contributed by atoms with Crippen molar-refractivity contribution in [3.63, 3.8) is 0 Å². The largest absolute Gasteiger partial charge is 0.356 e. The Morgan fingerprint density at radius 1 is 1.13 bits per heavy atom. The lowest BCUT2D eigenvalue weighted by Crippen LogP contribution is -2.57. The van der Waals surface area contributed by atoms with E-state index in [-0.39, 0.29) is 29.5 Å². The molecule has 0 aromatic heterocycles. The van der Waals surface area contributed by atoms with E-state index in [2.05, 4.69) is 32.3 Å². The van der Waals surface area contributed by atoms with Gasteiger partial charge in [-0.1, -0.05) is 25.0 Å². The smallest absolute Gasteiger partial charge is 0.191 e. The molecular formula is C21H35IN4O2S2. The van der Waals surface area contributed by atoms with E-state index in [0.717, 1.165) is 31.0 Å². The van der Waals surface area contributed by atoms with Crippen molar-refractivity contribution in [2.45, 2.75) is 42.5 Å². The molecule has 1 saturated carbocycles. The minimum Gasteiger partial charge on any atom is -0.356 e. The minimum atomic E-state index is -3.14. The zero-order chi connectivity index (χ0) is 20.7. The van der Waals surface area contributed by atoms with E-state index in [1.807, 2.05) is 19.2 Å². The highest BCUT2D eigenvalue weighted by molar-refractivity contribution is 14.0. The number of hydrogen-bond acceptors (Lipinski definition) is 5. The molecule has 2 aliphatic rings. The molecule has 2 N–H and O–H groups in total. The normalized spacial score (nSPS) is 19.9. The fourth-order valence-corrected chi connectivity index (χ4v) is 5.91. The van der Waals surface area contributed by atoms with Crippen molar-refractivity contribution >= 4 is 51.5 Å². The maximum Gasteiger partial charge on any atom is 0.191 e. The lowest BCUT2D eigenvalue weighted by atomic mass is 9.94. The van der Waals surface area contributed by atoms with Crippen LogP contribution in [0.1, 0.15) is 31.2 Å². The molecule has 0 atom stereocenters. The van der Waals surface area contributed by atoms with Crippen LogP contribution in [-0.4, -0.2) is 75.8 Å². The van der Waals surface area contributed by atoms with E-state index in [1.54, 1.807) is 12.1 Å². The molecule has 0 bridgehead atoms. The van der Waals surface area contributed by atoms with Gasteiger partial charge < -0.3 is 10.6 Å². The fraction of sp³-hybridized carbons (Fsp3) is 0.667. The number of hydrogen-bond donors (Lipinski definition) is 2. The number of rotatable bonds is 7. The summed E-state index contributed by atoms with van der Waals surface area (Å²) in [6, 6.07) is 7.13. The van der Waals surface area contributed by atoms with E-state index in [9.17, 15) is 8.42 Å². The van der Waals surface area contributed by atoms with Crippen molar-refractivity contribution in [3.8, 4) is 0 Å². The molecule has 1 heterocycles. The molecule has 1 aromatic carbocycles. The van der Waals surface area contributed by atoms with Crippen LogP contribution >= 0.6 is 35.7 Å². The molecule has 0 radical (unpaired) electrons. The Hall–Kier alpha value is -0.520. The molecule has 9 heteroatoms. The van der Waals surface area contributed by atoms with Crippen molar-refractivity contribution < 1.29 is 8.42 Å². The van der Waals surface area contributed by atoms with Gasteiger partial charge in [-0.3, -0.25) is 9.89 Å². The second-order valence-electron chi connectivity index (χ2n) is 8.05. The Balaban J connectivity index is 0.00000320. The van der Waals surface area contributed by atoms with Gasteiger partial charge in [0.05, 0.1) is 4.90 Å². The summed E-state index contributed by atoms with van der Waals surface area (Å²) in [5.41, 5.74) is 1.39. The number of nitrogens with zero attached hydrogens (tertiary/aromatic N) is 2. The molecular weight excluding hydrogens is 531 g/mol. The van der Waals surface area contributed by atoms with E-state index >= 15 is 0 Å². The third kappa shape index (κ3) is 7.00. The minimum absolute atomic E-state index is 0. The first-order chi connectivity index (χ1) is 13.9. The number of thioether (sulfide) groups is 1. The van der Waals surface area contributed by atoms with E-state index < -0.39 is 9.84 Å².